The maximum absolute atomic E-state index is 7.85. The Kier molecular flexibility index (Phi) is 11.9. The summed E-state index contributed by atoms with van der Waals surface area (Å²) in [6.45, 7) is -4.42. The number of pyridine rings is 3. The van der Waals surface area contributed by atoms with Crippen LogP contribution in [0.4, 0.5) is 0 Å². The summed E-state index contributed by atoms with van der Waals surface area (Å²) < 4.78 is 52.8. The molecule has 356 valence electrons. The van der Waals surface area contributed by atoms with Crippen LogP contribution >= 0.6 is 0 Å². The minimum atomic E-state index is -2.22. The zero-order chi connectivity index (χ0) is 54.1. The molecule has 0 saturated carbocycles. The van der Waals surface area contributed by atoms with Crippen molar-refractivity contribution < 1.29 is 32.7 Å². The Morgan fingerprint density at radius 3 is 1.61 bits per heavy atom. The fraction of sp³-hybridized carbons (Fsp3) is 0.0870. The maximum atomic E-state index is 7.85. The SMILES string of the molecule is [2H]C([2H])([2H])c1ccc(-c2[c-]cc(CCc3cc(CCc4c[c-]c(-c5cc(C([2H])([2H])[2H])ccn5)cc4)cc(-c4ccccc4-c4c[c-]c(-c5cc(-c6ccc(-c7ccc8c(c7)oc7ccccc78)cc6)ccn5)cc4)c3)cc2)nc1.[Ir+3]. The Bertz CT molecular complexity index is 4140. The van der Waals surface area contributed by atoms with Crippen LogP contribution in [0.25, 0.3) is 100 Å². The molecule has 0 amide bonds. The number of rotatable bonds is 13. The normalized spacial score (nSPS) is 12.8. The van der Waals surface area contributed by atoms with E-state index in [1.54, 1.807) is 18.2 Å². The summed E-state index contributed by atoms with van der Waals surface area (Å²) in [4.78, 5) is 13.6. The topological polar surface area (TPSA) is 51.8 Å². The van der Waals surface area contributed by atoms with Crippen molar-refractivity contribution >= 4 is 21.9 Å². The largest absolute Gasteiger partial charge is 3.00 e. The Labute approximate surface area is 455 Å². The van der Waals surface area contributed by atoms with Gasteiger partial charge in [-0.1, -0.05) is 145 Å². The first-order chi connectivity index (χ1) is 38.3. The van der Waals surface area contributed by atoms with Crippen LogP contribution in [0.15, 0.2) is 223 Å². The molecule has 4 nitrogen and oxygen atoms in total. The van der Waals surface area contributed by atoms with Crippen LogP contribution in [0.2, 0.25) is 0 Å². The molecule has 0 aliphatic rings. The molecular formula is C69H50IrN3O. The maximum Gasteiger partial charge on any atom is 3.00 e. The van der Waals surface area contributed by atoms with Crippen molar-refractivity contribution in [2.75, 3.05) is 0 Å². The van der Waals surface area contributed by atoms with Gasteiger partial charge in [0.1, 0.15) is 11.2 Å². The van der Waals surface area contributed by atoms with Crippen LogP contribution < -0.4 is 0 Å². The number of benzene rings is 8. The predicted molar refractivity (Wildman–Crippen MR) is 299 cm³/mol. The average molecular weight is 1140 g/mol. The van der Waals surface area contributed by atoms with Gasteiger partial charge < -0.3 is 19.4 Å². The van der Waals surface area contributed by atoms with Crippen LogP contribution in [-0.2, 0) is 45.8 Å². The molecule has 0 spiro atoms. The summed E-state index contributed by atoms with van der Waals surface area (Å²) in [5.41, 5.74) is 20.2. The van der Waals surface area contributed by atoms with Crippen LogP contribution in [0.3, 0.4) is 0 Å². The molecule has 0 atom stereocenters. The number of nitrogens with zero attached hydrogens (tertiary/aromatic N) is 3. The monoisotopic (exact) mass is 1140 g/mol. The molecule has 0 saturated heterocycles. The molecule has 74 heavy (non-hydrogen) atoms. The average Bonchev–Trinajstić information content (AvgIpc) is 3.87. The van der Waals surface area contributed by atoms with Crippen molar-refractivity contribution in [1.29, 1.82) is 0 Å². The van der Waals surface area contributed by atoms with Gasteiger partial charge >= 0.3 is 20.1 Å². The molecule has 0 bridgehead atoms. The number of hydrogen-bond donors (Lipinski definition) is 0. The molecule has 0 radical (unpaired) electrons. The molecule has 0 unspecified atom stereocenters. The molecule has 5 heteroatoms. The second kappa shape index (κ2) is 21.4. The Hall–Kier alpha value is -8.34. The predicted octanol–water partition coefficient (Wildman–Crippen LogP) is 17.0. The van der Waals surface area contributed by atoms with Gasteiger partial charge in [-0.3, -0.25) is 0 Å². The Morgan fingerprint density at radius 1 is 0.392 bits per heavy atom. The van der Waals surface area contributed by atoms with Gasteiger partial charge in [-0.05, 0) is 124 Å². The summed E-state index contributed by atoms with van der Waals surface area (Å²) in [6, 6.07) is 78.0. The molecule has 0 aliphatic carbocycles. The third kappa shape index (κ3) is 10.4. The zero-order valence-electron chi connectivity index (χ0n) is 46.2. The van der Waals surface area contributed by atoms with Crippen molar-refractivity contribution in [2.24, 2.45) is 0 Å². The smallest absolute Gasteiger partial charge is 0.456 e. The minimum absolute atomic E-state index is 0. The van der Waals surface area contributed by atoms with E-state index in [1.165, 1.54) is 29.6 Å². The van der Waals surface area contributed by atoms with E-state index in [2.05, 4.69) is 156 Å². The van der Waals surface area contributed by atoms with Gasteiger partial charge in [-0.2, -0.15) is 0 Å². The number of fused-ring (bicyclic) bond motifs is 3. The first-order valence-electron chi connectivity index (χ1n) is 27.5. The number of para-hydroxylation sites is 1. The van der Waals surface area contributed by atoms with Gasteiger partial charge in [-0.25, -0.2) is 0 Å². The van der Waals surface area contributed by atoms with Gasteiger partial charge in [0.15, 0.2) is 0 Å². The fourth-order valence-corrected chi connectivity index (χ4v) is 9.72. The van der Waals surface area contributed by atoms with E-state index in [-0.39, 0.29) is 31.2 Å². The van der Waals surface area contributed by atoms with Crippen molar-refractivity contribution in [3.8, 4) is 78.3 Å². The van der Waals surface area contributed by atoms with Crippen molar-refractivity contribution in [1.82, 2.24) is 15.0 Å². The third-order valence-electron chi connectivity index (χ3n) is 13.6. The van der Waals surface area contributed by atoms with Crippen molar-refractivity contribution in [2.45, 2.75) is 39.4 Å². The van der Waals surface area contributed by atoms with E-state index in [0.717, 1.165) is 126 Å². The molecule has 12 rings (SSSR count). The zero-order valence-corrected chi connectivity index (χ0v) is 42.6. The molecule has 0 N–H and O–H groups in total. The molecule has 12 aromatic rings. The Morgan fingerprint density at radius 2 is 0.959 bits per heavy atom. The quantitative estimate of drug-likeness (QED) is 0.108. The minimum Gasteiger partial charge on any atom is -0.456 e. The standard InChI is InChI=1S/C69H50N3O.Ir/c1-46-35-37-70-66(39-46)56-22-18-49(19-23-56)13-15-51-40-50(14-12-48-16-20-55(21-17-48)65-34-11-47(2)45-72-65)41-60(42-51)62-8-4-3-7-61(62)54-28-30-57(31-29-54)67-43-59(36-38-71-67)53-26-24-52(25-27-53)58-32-33-64-63-9-5-6-10-68(63)73-69(64)44-58;/h3-11,16-20,22,24-30,32-45H,12-15H2,1-2H3;/q-3;+3/i1D3,2D3;. The molecule has 0 fully saturated rings. The molecule has 4 aromatic heterocycles. The molecule has 8 aromatic carbocycles. The second-order valence-corrected chi connectivity index (χ2v) is 18.5. The summed E-state index contributed by atoms with van der Waals surface area (Å²) in [5, 5.41) is 2.24. The van der Waals surface area contributed by atoms with Crippen LogP contribution in [0.5, 0.6) is 0 Å². The van der Waals surface area contributed by atoms with Gasteiger partial charge in [0.05, 0.1) is 0 Å². The van der Waals surface area contributed by atoms with Crippen molar-refractivity contribution in [3.05, 3.63) is 270 Å². The van der Waals surface area contributed by atoms with E-state index in [1.807, 2.05) is 54.7 Å². The van der Waals surface area contributed by atoms with E-state index in [4.69, 9.17) is 17.6 Å². The second-order valence-electron chi connectivity index (χ2n) is 18.5. The third-order valence-corrected chi connectivity index (χ3v) is 13.6. The summed E-state index contributed by atoms with van der Waals surface area (Å²) in [6.07, 6.45) is 7.97. The summed E-state index contributed by atoms with van der Waals surface area (Å²) >= 11 is 0. The van der Waals surface area contributed by atoms with Gasteiger partial charge in [0.2, 0.25) is 0 Å². The van der Waals surface area contributed by atoms with E-state index in [0.29, 0.717) is 11.4 Å². The van der Waals surface area contributed by atoms with Gasteiger partial charge in [0.25, 0.3) is 0 Å². The first kappa shape index (κ1) is 41.2. The molecule has 4 heterocycles. The van der Waals surface area contributed by atoms with Crippen LogP contribution in [-0.4, -0.2) is 15.0 Å². The summed E-state index contributed by atoms with van der Waals surface area (Å²) in [7, 11) is 0. The number of furan rings is 1. The first-order valence-corrected chi connectivity index (χ1v) is 24.5. The van der Waals surface area contributed by atoms with Gasteiger partial charge in [-0.15, -0.1) is 101 Å². The molecule has 0 aliphatic heterocycles. The Balaban J connectivity index is 0.00000675. The van der Waals surface area contributed by atoms with Crippen molar-refractivity contribution in [3.63, 3.8) is 0 Å². The van der Waals surface area contributed by atoms with Crippen LogP contribution in [0.1, 0.15) is 41.6 Å². The number of hydrogen-bond acceptors (Lipinski definition) is 4. The van der Waals surface area contributed by atoms with E-state index < -0.39 is 13.7 Å². The van der Waals surface area contributed by atoms with E-state index >= 15 is 0 Å². The fourth-order valence-electron chi connectivity index (χ4n) is 9.72. The summed E-state index contributed by atoms with van der Waals surface area (Å²) in [5.74, 6) is 0. The number of aryl methyl sites for hydroxylation is 6. The van der Waals surface area contributed by atoms with Crippen LogP contribution in [0, 0.1) is 31.9 Å². The molecular weight excluding hydrogens is 1080 g/mol. The van der Waals surface area contributed by atoms with Gasteiger partial charge in [0, 0.05) is 37.6 Å². The number of aromatic nitrogens is 3. The van der Waals surface area contributed by atoms with E-state index in [9.17, 15) is 0 Å².